The first-order chi connectivity index (χ1) is 6.22. The number of aromatic nitrogens is 2. The first kappa shape index (κ1) is 8.10. The summed E-state index contributed by atoms with van der Waals surface area (Å²) in [5, 5.41) is 5.28. The molecule has 0 aliphatic rings. The Labute approximate surface area is 77.2 Å². The molecule has 1 heterocycles. The summed E-state index contributed by atoms with van der Waals surface area (Å²) in [7, 11) is 1.94. The van der Waals surface area contributed by atoms with Gasteiger partial charge >= 0.3 is 0 Å². The zero-order chi connectivity index (χ0) is 9.42. The van der Waals surface area contributed by atoms with Gasteiger partial charge in [0.1, 0.15) is 0 Å². The van der Waals surface area contributed by atoms with Gasteiger partial charge in [-0.15, -0.1) is 0 Å². The molecule has 1 aromatic carbocycles. The molecule has 0 amide bonds. The average molecular weight is 175 g/mol. The van der Waals surface area contributed by atoms with Gasteiger partial charge in [-0.2, -0.15) is 5.10 Å². The molecule has 0 radical (unpaired) electrons. The lowest BCUT2D eigenvalue weighted by Gasteiger charge is -2.03. The Balaban J connectivity index is 2.77. The number of nitrogens with two attached hydrogens (primary N) is 1. The molecule has 0 spiro atoms. The highest BCUT2D eigenvalue weighted by Crippen LogP contribution is 2.21. The normalized spacial score (nSPS) is 10.9. The lowest BCUT2D eigenvalue weighted by atomic mass is 10.1. The smallest absolute Gasteiger partial charge is 0.0683 e. The Hall–Kier alpha value is -1.51. The summed E-state index contributed by atoms with van der Waals surface area (Å²) in [6, 6.07) is 4.10. The molecule has 68 valence electrons. The van der Waals surface area contributed by atoms with Crippen molar-refractivity contribution in [3.8, 4) is 0 Å². The third-order valence-electron chi connectivity index (χ3n) is 2.39. The minimum Gasteiger partial charge on any atom is -0.398 e. The maximum Gasteiger partial charge on any atom is 0.0683 e. The van der Waals surface area contributed by atoms with Crippen molar-refractivity contribution in [3.63, 3.8) is 0 Å². The molecule has 0 saturated carbocycles. The van der Waals surface area contributed by atoms with Crippen LogP contribution in [0.15, 0.2) is 18.3 Å². The summed E-state index contributed by atoms with van der Waals surface area (Å²) in [5.41, 5.74) is 9.07. The van der Waals surface area contributed by atoms with Crippen LogP contribution in [0.25, 0.3) is 10.9 Å². The molecule has 1 aromatic heterocycles. The van der Waals surface area contributed by atoms with Gasteiger partial charge in [-0.3, -0.25) is 4.68 Å². The standard InChI is InChI=1S/C10H13N3/c1-3-7-5-10-8(4-9(7)11)6-12-13(10)2/h4-6H,3,11H2,1-2H3. The molecule has 0 bridgehead atoms. The van der Waals surface area contributed by atoms with Gasteiger partial charge in [-0.1, -0.05) is 6.92 Å². The minimum atomic E-state index is 0.864. The first-order valence-corrected chi connectivity index (χ1v) is 4.42. The number of hydrogen-bond donors (Lipinski definition) is 1. The monoisotopic (exact) mass is 175 g/mol. The topological polar surface area (TPSA) is 43.8 Å². The van der Waals surface area contributed by atoms with E-state index >= 15 is 0 Å². The number of rotatable bonds is 1. The highest BCUT2D eigenvalue weighted by molar-refractivity contribution is 5.83. The molecular formula is C10H13N3. The summed E-state index contributed by atoms with van der Waals surface area (Å²) in [6.45, 7) is 2.11. The molecule has 0 aliphatic heterocycles. The van der Waals surface area contributed by atoms with E-state index < -0.39 is 0 Å². The van der Waals surface area contributed by atoms with Crippen molar-refractivity contribution in [1.82, 2.24) is 9.78 Å². The summed E-state index contributed by atoms with van der Waals surface area (Å²) >= 11 is 0. The molecule has 3 heteroatoms. The Morgan fingerprint density at radius 2 is 2.23 bits per heavy atom. The van der Waals surface area contributed by atoms with E-state index in [9.17, 15) is 0 Å². The molecule has 0 saturated heterocycles. The van der Waals surface area contributed by atoms with Gasteiger partial charge in [0, 0.05) is 18.1 Å². The van der Waals surface area contributed by atoms with Gasteiger partial charge in [0.15, 0.2) is 0 Å². The van der Waals surface area contributed by atoms with Gasteiger partial charge in [0.05, 0.1) is 11.7 Å². The molecule has 2 N–H and O–H groups in total. The van der Waals surface area contributed by atoms with Gasteiger partial charge in [-0.25, -0.2) is 0 Å². The Morgan fingerprint density at radius 1 is 1.46 bits per heavy atom. The molecule has 13 heavy (non-hydrogen) atoms. The fourth-order valence-electron chi connectivity index (χ4n) is 1.57. The molecule has 2 rings (SSSR count). The maximum absolute atomic E-state index is 5.87. The SMILES string of the molecule is CCc1cc2c(cnn2C)cc1N. The first-order valence-electron chi connectivity index (χ1n) is 4.42. The van der Waals surface area contributed by atoms with Crippen molar-refractivity contribution in [3.05, 3.63) is 23.9 Å². The third kappa shape index (κ3) is 1.16. The number of benzene rings is 1. The summed E-state index contributed by atoms with van der Waals surface area (Å²) in [5.74, 6) is 0. The van der Waals surface area contributed by atoms with Crippen molar-refractivity contribution in [2.24, 2.45) is 7.05 Å². The van der Waals surface area contributed by atoms with Gasteiger partial charge in [0.2, 0.25) is 0 Å². The number of aryl methyl sites for hydroxylation is 2. The summed E-state index contributed by atoms with van der Waals surface area (Å²) in [6.07, 6.45) is 2.80. The van der Waals surface area contributed by atoms with Crippen LogP contribution in [0, 0.1) is 0 Å². The predicted octanol–water partition coefficient (Wildman–Crippen LogP) is 1.72. The van der Waals surface area contributed by atoms with Crippen LogP contribution in [0.2, 0.25) is 0 Å². The Bertz CT molecular complexity index is 443. The second-order valence-electron chi connectivity index (χ2n) is 3.23. The molecule has 2 aromatic rings. The van der Waals surface area contributed by atoms with Crippen molar-refractivity contribution in [2.75, 3.05) is 5.73 Å². The van der Waals surface area contributed by atoms with Crippen LogP contribution >= 0.6 is 0 Å². The van der Waals surface area contributed by atoms with Gasteiger partial charge in [-0.05, 0) is 24.1 Å². The highest BCUT2D eigenvalue weighted by atomic mass is 15.2. The quantitative estimate of drug-likeness (QED) is 0.670. The van der Waals surface area contributed by atoms with E-state index in [1.807, 2.05) is 24.0 Å². The second kappa shape index (κ2) is 2.76. The van der Waals surface area contributed by atoms with E-state index in [0.717, 1.165) is 23.0 Å². The van der Waals surface area contributed by atoms with Crippen molar-refractivity contribution in [2.45, 2.75) is 13.3 Å². The number of fused-ring (bicyclic) bond motifs is 1. The molecule has 0 aliphatic carbocycles. The highest BCUT2D eigenvalue weighted by Gasteiger charge is 2.03. The number of nitrogen functional groups attached to an aromatic ring is 1. The van der Waals surface area contributed by atoms with Gasteiger partial charge in [0.25, 0.3) is 0 Å². The van der Waals surface area contributed by atoms with Crippen LogP contribution < -0.4 is 5.73 Å². The summed E-state index contributed by atoms with van der Waals surface area (Å²) < 4.78 is 1.87. The van der Waals surface area contributed by atoms with Crippen LogP contribution in [0.5, 0.6) is 0 Å². The van der Waals surface area contributed by atoms with E-state index in [2.05, 4.69) is 18.1 Å². The largest absolute Gasteiger partial charge is 0.398 e. The second-order valence-corrected chi connectivity index (χ2v) is 3.23. The van der Waals surface area contributed by atoms with E-state index in [1.54, 1.807) is 0 Å². The average Bonchev–Trinajstić information content (AvgIpc) is 2.46. The third-order valence-corrected chi connectivity index (χ3v) is 2.39. The van der Waals surface area contributed by atoms with Crippen LogP contribution in [-0.4, -0.2) is 9.78 Å². The van der Waals surface area contributed by atoms with E-state index in [1.165, 1.54) is 5.56 Å². The zero-order valence-corrected chi connectivity index (χ0v) is 7.91. The number of hydrogen-bond acceptors (Lipinski definition) is 2. The molecule has 0 fully saturated rings. The minimum absolute atomic E-state index is 0.864. The van der Waals surface area contributed by atoms with Gasteiger partial charge < -0.3 is 5.73 Å². The van der Waals surface area contributed by atoms with Crippen molar-refractivity contribution in [1.29, 1.82) is 0 Å². The number of anilines is 1. The molecule has 0 unspecified atom stereocenters. The van der Waals surface area contributed by atoms with Crippen LogP contribution in [0.1, 0.15) is 12.5 Å². The fourth-order valence-corrected chi connectivity index (χ4v) is 1.57. The Kier molecular flexibility index (Phi) is 1.72. The van der Waals surface area contributed by atoms with E-state index in [-0.39, 0.29) is 0 Å². The van der Waals surface area contributed by atoms with Crippen LogP contribution in [0.4, 0.5) is 5.69 Å². The Morgan fingerprint density at radius 3 is 2.92 bits per heavy atom. The summed E-state index contributed by atoms with van der Waals surface area (Å²) in [4.78, 5) is 0. The van der Waals surface area contributed by atoms with Crippen molar-refractivity contribution >= 4 is 16.6 Å². The lowest BCUT2D eigenvalue weighted by Crippen LogP contribution is -1.94. The fraction of sp³-hybridized carbons (Fsp3) is 0.300. The zero-order valence-electron chi connectivity index (χ0n) is 7.91. The number of nitrogens with zero attached hydrogens (tertiary/aromatic N) is 2. The maximum atomic E-state index is 5.87. The molecular weight excluding hydrogens is 162 g/mol. The molecule has 0 atom stereocenters. The van der Waals surface area contributed by atoms with Crippen molar-refractivity contribution < 1.29 is 0 Å². The van der Waals surface area contributed by atoms with E-state index in [4.69, 9.17) is 5.73 Å². The van der Waals surface area contributed by atoms with Crippen LogP contribution in [-0.2, 0) is 13.5 Å². The predicted molar refractivity (Wildman–Crippen MR) is 54.5 cm³/mol. The van der Waals surface area contributed by atoms with E-state index in [0.29, 0.717) is 0 Å². The lowest BCUT2D eigenvalue weighted by molar-refractivity contribution is 0.796. The molecule has 3 nitrogen and oxygen atoms in total. The van der Waals surface area contributed by atoms with Crippen LogP contribution in [0.3, 0.4) is 0 Å².